The lowest BCUT2D eigenvalue weighted by Crippen LogP contribution is -2.01. The first-order valence-corrected chi connectivity index (χ1v) is 6.10. The summed E-state index contributed by atoms with van der Waals surface area (Å²) in [6.07, 6.45) is 3.61. The summed E-state index contributed by atoms with van der Waals surface area (Å²) in [4.78, 5) is 8.63. The fourth-order valence-corrected chi connectivity index (χ4v) is 1.94. The van der Waals surface area contributed by atoms with Crippen molar-refractivity contribution in [2.45, 2.75) is 6.54 Å². The van der Waals surface area contributed by atoms with Crippen molar-refractivity contribution >= 4 is 22.4 Å². The molecule has 0 spiro atoms. The zero-order chi connectivity index (χ0) is 13.1. The second-order valence-electron chi connectivity index (χ2n) is 4.36. The number of pyridine rings is 2. The molecule has 0 unspecified atom stereocenters. The van der Waals surface area contributed by atoms with Gasteiger partial charge in [-0.3, -0.25) is 4.98 Å². The van der Waals surface area contributed by atoms with E-state index in [9.17, 15) is 0 Å². The summed E-state index contributed by atoms with van der Waals surface area (Å²) >= 11 is 0. The molecule has 0 bridgehead atoms. The van der Waals surface area contributed by atoms with Crippen molar-refractivity contribution in [3.63, 3.8) is 0 Å². The van der Waals surface area contributed by atoms with Crippen molar-refractivity contribution in [1.29, 1.82) is 0 Å². The van der Waals surface area contributed by atoms with Gasteiger partial charge in [-0.05, 0) is 42.0 Å². The molecule has 3 N–H and O–H groups in total. The van der Waals surface area contributed by atoms with Crippen molar-refractivity contribution in [2.75, 3.05) is 11.1 Å². The summed E-state index contributed by atoms with van der Waals surface area (Å²) in [7, 11) is 0. The largest absolute Gasteiger partial charge is 0.399 e. The number of nitrogens with zero attached hydrogens (tertiary/aromatic N) is 2. The average Bonchev–Trinajstić information content (AvgIpc) is 2.46. The molecule has 4 heteroatoms. The van der Waals surface area contributed by atoms with Gasteiger partial charge in [-0.25, -0.2) is 4.98 Å². The number of fused-ring (bicyclic) bond motifs is 1. The molecule has 0 atom stereocenters. The molecule has 2 aromatic heterocycles. The zero-order valence-electron chi connectivity index (χ0n) is 10.4. The van der Waals surface area contributed by atoms with Crippen LogP contribution in [0.1, 0.15) is 5.56 Å². The molecule has 0 aliphatic rings. The molecule has 0 saturated carbocycles. The Morgan fingerprint density at radius 1 is 1.11 bits per heavy atom. The maximum atomic E-state index is 5.75. The van der Waals surface area contributed by atoms with Crippen LogP contribution in [0.15, 0.2) is 54.9 Å². The topological polar surface area (TPSA) is 63.8 Å². The van der Waals surface area contributed by atoms with Crippen LogP contribution in [0.3, 0.4) is 0 Å². The fraction of sp³-hybridized carbons (Fsp3) is 0.0667. The molecule has 0 saturated heterocycles. The molecule has 2 heterocycles. The Morgan fingerprint density at radius 3 is 2.89 bits per heavy atom. The number of hydrogen-bond donors (Lipinski definition) is 2. The minimum absolute atomic E-state index is 0.710. The third kappa shape index (κ3) is 2.63. The van der Waals surface area contributed by atoms with E-state index in [1.165, 1.54) is 0 Å². The molecule has 4 nitrogen and oxygen atoms in total. The van der Waals surface area contributed by atoms with E-state index in [0.717, 1.165) is 28.0 Å². The van der Waals surface area contributed by atoms with E-state index in [2.05, 4.69) is 15.3 Å². The minimum Gasteiger partial charge on any atom is -0.399 e. The summed E-state index contributed by atoms with van der Waals surface area (Å²) in [6.45, 7) is 0.710. The molecule has 3 aromatic rings. The van der Waals surface area contributed by atoms with Gasteiger partial charge >= 0.3 is 0 Å². The number of nitrogen functional groups attached to an aromatic ring is 1. The minimum atomic E-state index is 0.710. The summed E-state index contributed by atoms with van der Waals surface area (Å²) < 4.78 is 0. The molecule has 94 valence electrons. The Kier molecular flexibility index (Phi) is 2.98. The van der Waals surface area contributed by atoms with E-state index < -0.39 is 0 Å². The first-order chi connectivity index (χ1) is 9.31. The van der Waals surface area contributed by atoms with Gasteiger partial charge in [-0.15, -0.1) is 0 Å². The van der Waals surface area contributed by atoms with Crippen molar-refractivity contribution in [3.8, 4) is 0 Å². The number of nitrogens with two attached hydrogens (primary N) is 1. The first-order valence-electron chi connectivity index (χ1n) is 6.10. The molecule has 0 aliphatic heterocycles. The van der Waals surface area contributed by atoms with Crippen LogP contribution in [0.25, 0.3) is 10.9 Å². The van der Waals surface area contributed by atoms with Gasteiger partial charge in [0, 0.05) is 30.0 Å². The second kappa shape index (κ2) is 4.94. The molecule has 0 fully saturated rings. The normalized spacial score (nSPS) is 10.5. The van der Waals surface area contributed by atoms with Crippen molar-refractivity contribution in [1.82, 2.24) is 9.97 Å². The monoisotopic (exact) mass is 250 g/mol. The number of rotatable bonds is 3. The zero-order valence-corrected chi connectivity index (χ0v) is 10.4. The Bertz CT molecular complexity index is 695. The van der Waals surface area contributed by atoms with Crippen LogP contribution in [0.4, 0.5) is 11.5 Å². The Morgan fingerprint density at radius 2 is 2.05 bits per heavy atom. The number of anilines is 2. The van der Waals surface area contributed by atoms with Gasteiger partial charge in [0.1, 0.15) is 5.82 Å². The molecule has 3 rings (SSSR count). The highest BCUT2D eigenvalue weighted by molar-refractivity contribution is 5.83. The van der Waals surface area contributed by atoms with Gasteiger partial charge in [0.05, 0.1) is 5.52 Å². The fourth-order valence-electron chi connectivity index (χ4n) is 1.94. The van der Waals surface area contributed by atoms with E-state index in [1.807, 2.05) is 48.7 Å². The van der Waals surface area contributed by atoms with Crippen LogP contribution < -0.4 is 11.1 Å². The smallest absolute Gasteiger partial charge is 0.126 e. The van der Waals surface area contributed by atoms with Crippen molar-refractivity contribution in [2.24, 2.45) is 0 Å². The van der Waals surface area contributed by atoms with Gasteiger partial charge in [-0.1, -0.05) is 6.07 Å². The molecule has 0 radical (unpaired) electrons. The predicted octanol–water partition coefficient (Wildman–Crippen LogP) is 2.82. The van der Waals surface area contributed by atoms with Gasteiger partial charge in [0.2, 0.25) is 0 Å². The standard InChI is InChI=1S/C15H14N4/c16-13-4-5-14-12(8-13)3-6-15(19-14)18-10-11-2-1-7-17-9-11/h1-9H,10,16H2,(H,18,19). The molecular formula is C15H14N4. The maximum absolute atomic E-state index is 5.75. The molecule has 0 aliphatic carbocycles. The summed E-state index contributed by atoms with van der Waals surface area (Å²) in [5, 5.41) is 4.33. The SMILES string of the molecule is Nc1ccc2nc(NCc3cccnc3)ccc2c1. The van der Waals surface area contributed by atoms with Gasteiger partial charge in [0.15, 0.2) is 0 Å². The maximum Gasteiger partial charge on any atom is 0.126 e. The summed E-state index contributed by atoms with van der Waals surface area (Å²) in [5.41, 5.74) is 8.56. The van der Waals surface area contributed by atoms with Gasteiger partial charge in [0.25, 0.3) is 0 Å². The second-order valence-corrected chi connectivity index (χ2v) is 4.36. The highest BCUT2D eigenvalue weighted by atomic mass is 15.0. The summed E-state index contributed by atoms with van der Waals surface area (Å²) in [5.74, 6) is 0.848. The van der Waals surface area contributed by atoms with Crippen LogP contribution in [-0.4, -0.2) is 9.97 Å². The highest BCUT2D eigenvalue weighted by Gasteiger charge is 1.99. The van der Waals surface area contributed by atoms with E-state index in [0.29, 0.717) is 6.54 Å². The lowest BCUT2D eigenvalue weighted by molar-refractivity contribution is 1.09. The Hall–Kier alpha value is -2.62. The molecular weight excluding hydrogens is 236 g/mol. The third-order valence-electron chi connectivity index (χ3n) is 2.91. The highest BCUT2D eigenvalue weighted by Crippen LogP contribution is 2.18. The van der Waals surface area contributed by atoms with Crippen LogP contribution in [0.5, 0.6) is 0 Å². The molecule has 0 amide bonds. The van der Waals surface area contributed by atoms with Crippen LogP contribution >= 0.6 is 0 Å². The summed E-state index contributed by atoms with van der Waals surface area (Å²) in [6, 6.07) is 13.6. The van der Waals surface area contributed by atoms with E-state index in [-0.39, 0.29) is 0 Å². The van der Waals surface area contributed by atoms with E-state index in [4.69, 9.17) is 5.73 Å². The van der Waals surface area contributed by atoms with Gasteiger partial charge < -0.3 is 11.1 Å². The van der Waals surface area contributed by atoms with Gasteiger partial charge in [-0.2, -0.15) is 0 Å². The van der Waals surface area contributed by atoms with Crippen LogP contribution in [0, 0.1) is 0 Å². The molecule has 1 aromatic carbocycles. The molecule has 19 heavy (non-hydrogen) atoms. The Balaban J connectivity index is 1.80. The Labute approximate surface area is 111 Å². The number of aromatic nitrogens is 2. The number of hydrogen-bond acceptors (Lipinski definition) is 4. The number of nitrogens with one attached hydrogen (secondary N) is 1. The van der Waals surface area contributed by atoms with E-state index >= 15 is 0 Å². The third-order valence-corrected chi connectivity index (χ3v) is 2.91. The predicted molar refractivity (Wildman–Crippen MR) is 77.7 cm³/mol. The lowest BCUT2D eigenvalue weighted by Gasteiger charge is -2.07. The quantitative estimate of drug-likeness (QED) is 0.702. The van der Waals surface area contributed by atoms with Crippen LogP contribution in [0.2, 0.25) is 0 Å². The number of benzene rings is 1. The van der Waals surface area contributed by atoms with Crippen LogP contribution in [-0.2, 0) is 6.54 Å². The van der Waals surface area contributed by atoms with Crippen molar-refractivity contribution in [3.05, 3.63) is 60.4 Å². The average molecular weight is 250 g/mol. The van der Waals surface area contributed by atoms with E-state index in [1.54, 1.807) is 6.20 Å². The first kappa shape index (κ1) is 11.5. The van der Waals surface area contributed by atoms with Crippen molar-refractivity contribution < 1.29 is 0 Å². The lowest BCUT2D eigenvalue weighted by atomic mass is 10.2.